The van der Waals surface area contributed by atoms with Gasteiger partial charge in [-0.2, -0.15) is 0 Å². The van der Waals surface area contributed by atoms with Crippen molar-refractivity contribution >= 4 is 17.5 Å². The molecule has 0 bridgehead atoms. The first-order chi connectivity index (χ1) is 10.6. The van der Waals surface area contributed by atoms with Crippen LogP contribution in [0.5, 0.6) is 0 Å². The Balaban J connectivity index is 1.79. The summed E-state index contributed by atoms with van der Waals surface area (Å²) in [5, 5.41) is 2.98. The molecule has 3 N–H and O–H groups in total. The van der Waals surface area contributed by atoms with Gasteiger partial charge >= 0.3 is 0 Å². The van der Waals surface area contributed by atoms with Crippen LogP contribution in [0.4, 0.5) is 5.69 Å². The molecule has 114 valence electrons. The third kappa shape index (κ3) is 4.34. The second-order valence-corrected chi connectivity index (χ2v) is 5.04. The van der Waals surface area contributed by atoms with Gasteiger partial charge in [-0.15, -0.1) is 0 Å². The van der Waals surface area contributed by atoms with Crippen molar-refractivity contribution in [3.8, 4) is 0 Å². The Morgan fingerprint density at radius 1 is 0.909 bits per heavy atom. The van der Waals surface area contributed by atoms with Gasteiger partial charge in [0.05, 0.1) is 6.54 Å². The number of nitrogens with one attached hydrogen (secondary N) is 3. The summed E-state index contributed by atoms with van der Waals surface area (Å²) in [4.78, 5) is 23.7. The van der Waals surface area contributed by atoms with E-state index in [1.165, 1.54) is 0 Å². The molecule has 0 aliphatic heterocycles. The summed E-state index contributed by atoms with van der Waals surface area (Å²) in [5.41, 5.74) is 8.19. The zero-order chi connectivity index (χ0) is 15.9. The van der Waals surface area contributed by atoms with Gasteiger partial charge < -0.3 is 5.32 Å². The highest BCUT2D eigenvalue weighted by Gasteiger charge is 2.09. The van der Waals surface area contributed by atoms with Crippen molar-refractivity contribution in [3.05, 3.63) is 65.2 Å². The van der Waals surface area contributed by atoms with Gasteiger partial charge in [-0.3, -0.25) is 20.4 Å². The smallest absolute Gasteiger partial charge is 0.269 e. The van der Waals surface area contributed by atoms with Gasteiger partial charge in [0.15, 0.2) is 0 Å². The molecule has 0 unspecified atom stereocenters. The van der Waals surface area contributed by atoms with Crippen LogP contribution in [0.25, 0.3) is 0 Å². The molecule has 2 amide bonds. The lowest BCUT2D eigenvalue weighted by molar-refractivity contribution is -0.120. The van der Waals surface area contributed by atoms with Crippen molar-refractivity contribution in [3.63, 3.8) is 0 Å². The number of amides is 2. The van der Waals surface area contributed by atoms with E-state index in [9.17, 15) is 9.59 Å². The zero-order valence-corrected chi connectivity index (χ0v) is 12.6. The van der Waals surface area contributed by atoms with E-state index >= 15 is 0 Å². The highest BCUT2D eigenvalue weighted by molar-refractivity contribution is 5.96. The molecule has 0 spiro atoms. The third-order valence-electron chi connectivity index (χ3n) is 3.21. The third-order valence-corrected chi connectivity index (χ3v) is 3.21. The Kier molecular flexibility index (Phi) is 5.14. The first-order valence-electron chi connectivity index (χ1n) is 7.01. The molecule has 0 fully saturated rings. The molecule has 0 aliphatic rings. The van der Waals surface area contributed by atoms with Crippen LogP contribution in [0.15, 0.2) is 48.5 Å². The monoisotopic (exact) mass is 297 g/mol. The highest BCUT2D eigenvalue weighted by Crippen LogP contribution is 2.08. The van der Waals surface area contributed by atoms with Crippen LogP contribution in [0.2, 0.25) is 0 Å². The molecular weight excluding hydrogens is 278 g/mol. The van der Waals surface area contributed by atoms with Crippen molar-refractivity contribution in [2.45, 2.75) is 13.8 Å². The molecule has 0 radical (unpaired) electrons. The molecule has 0 aromatic heterocycles. The first-order valence-corrected chi connectivity index (χ1v) is 7.01. The number of aryl methyl sites for hydroxylation is 2. The maximum absolute atomic E-state index is 11.9. The van der Waals surface area contributed by atoms with Crippen molar-refractivity contribution in [2.24, 2.45) is 0 Å². The molecule has 0 saturated carbocycles. The Labute approximate surface area is 129 Å². The number of hydrazine groups is 1. The predicted molar refractivity (Wildman–Crippen MR) is 86.5 cm³/mol. The van der Waals surface area contributed by atoms with Crippen molar-refractivity contribution in [2.75, 3.05) is 11.9 Å². The van der Waals surface area contributed by atoms with Crippen LogP contribution in [0.1, 0.15) is 21.5 Å². The fourth-order valence-electron chi connectivity index (χ4n) is 1.92. The minimum absolute atomic E-state index is 0.0805. The number of hydrogen-bond acceptors (Lipinski definition) is 3. The lowest BCUT2D eigenvalue weighted by Crippen LogP contribution is -2.44. The molecule has 5 nitrogen and oxygen atoms in total. The minimum Gasteiger partial charge on any atom is -0.376 e. The molecule has 5 heteroatoms. The van der Waals surface area contributed by atoms with Gasteiger partial charge in [0, 0.05) is 11.3 Å². The molecule has 0 saturated heterocycles. The van der Waals surface area contributed by atoms with Gasteiger partial charge in [-0.05, 0) is 37.6 Å². The van der Waals surface area contributed by atoms with E-state index in [-0.39, 0.29) is 18.4 Å². The summed E-state index contributed by atoms with van der Waals surface area (Å²) in [6, 6.07) is 14.9. The van der Waals surface area contributed by atoms with Crippen LogP contribution < -0.4 is 16.2 Å². The topological polar surface area (TPSA) is 70.2 Å². The number of anilines is 1. The van der Waals surface area contributed by atoms with Gasteiger partial charge in [0.25, 0.3) is 11.8 Å². The average Bonchev–Trinajstić information content (AvgIpc) is 2.52. The Hall–Kier alpha value is -2.82. The average molecular weight is 297 g/mol. The lowest BCUT2D eigenvalue weighted by Gasteiger charge is -2.10. The fourth-order valence-corrected chi connectivity index (χ4v) is 1.92. The number of rotatable bonds is 4. The Bertz CT molecular complexity index is 666. The van der Waals surface area contributed by atoms with Crippen molar-refractivity contribution < 1.29 is 9.59 Å². The van der Waals surface area contributed by atoms with E-state index in [1.807, 2.05) is 50.2 Å². The standard InChI is InChI=1S/C17H19N3O2/c1-12-7-9-14(10-8-12)18-11-16(21)19-20-17(22)15-6-4-3-5-13(15)2/h3-10,18H,11H2,1-2H3,(H,19,21)(H,20,22). The van der Waals surface area contributed by atoms with E-state index in [2.05, 4.69) is 16.2 Å². The summed E-state index contributed by atoms with van der Waals surface area (Å²) in [5.74, 6) is -0.649. The molecule has 2 aromatic carbocycles. The lowest BCUT2D eigenvalue weighted by atomic mass is 10.1. The van der Waals surface area contributed by atoms with Gasteiger partial charge in [0.2, 0.25) is 0 Å². The Morgan fingerprint density at radius 3 is 2.27 bits per heavy atom. The van der Waals surface area contributed by atoms with Crippen LogP contribution in [0, 0.1) is 13.8 Å². The van der Waals surface area contributed by atoms with E-state index in [0.717, 1.165) is 16.8 Å². The number of carbonyl (C=O) groups excluding carboxylic acids is 2. The van der Waals surface area contributed by atoms with Gasteiger partial charge in [-0.1, -0.05) is 35.9 Å². The zero-order valence-electron chi connectivity index (χ0n) is 12.6. The van der Waals surface area contributed by atoms with Crippen molar-refractivity contribution in [1.29, 1.82) is 0 Å². The maximum atomic E-state index is 11.9. The van der Waals surface area contributed by atoms with Crippen LogP contribution in [-0.2, 0) is 4.79 Å². The van der Waals surface area contributed by atoms with E-state index in [1.54, 1.807) is 12.1 Å². The summed E-state index contributed by atoms with van der Waals surface area (Å²) < 4.78 is 0. The molecule has 0 atom stereocenters. The normalized spacial score (nSPS) is 9.91. The minimum atomic E-state index is -0.332. The second-order valence-electron chi connectivity index (χ2n) is 5.04. The maximum Gasteiger partial charge on any atom is 0.269 e. The van der Waals surface area contributed by atoms with E-state index < -0.39 is 0 Å². The second kappa shape index (κ2) is 7.26. The van der Waals surface area contributed by atoms with Crippen LogP contribution >= 0.6 is 0 Å². The van der Waals surface area contributed by atoms with E-state index in [0.29, 0.717) is 5.56 Å². The van der Waals surface area contributed by atoms with Crippen LogP contribution in [-0.4, -0.2) is 18.4 Å². The van der Waals surface area contributed by atoms with Crippen LogP contribution in [0.3, 0.4) is 0 Å². The quantitative estimate of drug-likeness (QED) is 0.758. The number of hydrogen-bond donors (Lipinski definition) is 3. The van der Waals surface area contributed by atoms with Crippen molar-refractivity contribution in [1.82, 2.24) is 10.9 Å². The Morgan fingerprint density at radius 2 is 1.59 bits per heavy atom. The predicted octanol–water partition coefficient (Wildman–Crippen LogP) is 2.18. The molecule has 2 rings (SSSR count). The van der Waals surface area contributed by atoms with Gasteiger partial charge in [0.1, 0.15) is 0 Å². The summed E-state index contributed by atoms with van der Waals surface area (Å²) >= 11 is 0. The SMILES string of the molecule is Cc1ccc(NCC(=O)NNC(=O)c2ccccc2C)cc1. The largest absolute Gasteiger partial charge is 0.376 e. The molecule has 2 aromatic rings. The number of carbonyl (C=O) groups is 2. The summed E-state index contributed by atoms with van der Waals surface area (Å²) in [6.45, 7) is 3.92. The first kappa shape index (κ1) is 15.6. The van der Waals surface area contributed by atoms with E-state index in [4.69, 9.17) is 0 Å². The molecule has 22 heavy (non-hydrogen) atoms. The molecular formula is C17H19N3O2. The molecule has 0 heterocycles. The summed E-state index contributed by atoms with van der Waals surface area (Å²) in [7, 11) is 0. The fraction of sp³-hybridized carbons (Fsp3) is 0.176. The van der Waals surface area contributed by atoms with Gasteiger partial charge in [-0.25, -0.2) is 0 Å². The number of benzene rings is 2. The highest BCUT2D eigenvalue weighted by atomic mass is 16.2. The molecule has 0 aliphatic carbocycles. The summed E-state index contributed by atoms with van der Waals surface area (Å²) in [6.07, 6.45) is 0.